The highest BCUT2D eigenvalue weighted by molar-refractivity contribution is 6.31. The minimum absolute atomic E-state index is 0.276. The monoisotopic (exact) mass is 290 g/mol. The summed E-state index contributed by atoms with van der Waals surface area (Å²) in [6.45, 7) is 2.27. The van der Waals surface area contributed by atoms with Crippen molar-refractivity contribution < 1.29 is 4.74 Å². The SMILES string of the molecule is CCc1nn(C)c(COc2ccc(C#N)cc2N)c1Cl. The van der Waals surface area contributed by atoms with Gasteiger partial charge in [0.15, 0.2) is 0 Å². The summed E-state index contributed by atoms with van der Waals surface area (Å²) in [4.78, 5) is 0. The summed E-state index contributed by atoms with van der Waals surface area (Å²) < 4.78 is 7.37. The Morgan fingerprint density at radius 1 is 1.50 bits per heavy atom. The molecule has 0 spiro atoms. The molecule has 0 aliphatic heterocycles. The van der Waals surface area contributed by atoms with E-state index in [2.05, 4.69) is 5.10 Å². The zero-order valence-electron chi connectivity index (χ0n) is 11.4. The topological polar surface area (TPSA) is 76.9 Å². The van der Waals surface area contributed by atoms with Gasteiger partial charge in [-0.3, -0.25) is 4.68 Å². The molecule has 0 bridgehead atoms. The Kier molecular flexibility index (Phi) is 4.16. The first-order chi connectivity index (χ1) is 9.56. The summed E-state index contributed by atoms with van der Waals surface area (Å²) in [7, 11) is 1.83. The fourth-order valence-corrected chi connectivity index (χ4v) is 2.22. The molecular weight excluding hydrogens is 276 g/mol. The Hall–Kier alpha value is -2.19. The molecule has 0 aliphatic rings. The van der Waals surface area contributed by atoms with Crippen molar-refractivity contribution in [2.75, 3.05) is 5.73 Å². The normalized spacial score (nSPS) is 10.3. The van der Waals surface area contributed by atoms with E-state index in [-0.39, 0.29) is 6.61 Å². The second-order valence-electron chi connectivity index (χ2n) is 4.34. The Morgan fingerprint density at radius 3 is 2.80 bits per heavy atom. The number of halogens is 1. The first-order valence-corrected chi connectivity index (χ1v) is 6.57. The van der Waals surface area contributed by atoms with E-state index >= 15 is 0 Å². The maximum Gasteiger partial charge on any atom is 0.142 e. The molecule has 0 unspecified atom stereocenters. The molecule has 0 aliphatic carbocycles. The van der Waals surface area contributed by atoms with Gasteiger partial charge < -0.3 is 10.5 Å². The van der Waals surface area contributed by atoms with Gasteiger partial charge in [-0.05, 0) is 24.6 Å². The fraction of sp³-hybridized carbons (Fsp3) is 0.286. The van der Waals surface area contributed by atoms with Crippen LogP contribution in [0.5, 0.6) is 5.75 Å². The van der Waals surface area contributed by atoms with Crippen molar-refractivity contribution >= 4 is 17.3 Å². The maximum atomic E-state index is 8.79. The van der Waals surface area contributed by atoms with Crippen LogP contribution in [0.25, 0.3) is 0 Å². The average Bonchev–Trinajstić information content (AvgIpc) is 2.72. The van der Waals surface area contributed by atoms with Crippen LogP contribution in [0.2, 0.25) is 5.02 Å². The minimum atomic E-state index is 0.276. The number of aryl methyl sites for hydroxylation is 2. The summed E-state index contributed by atoms with van der Waals surface area (Å²) in [5.41, 5.74) is 8.41. The molecule has 0 fully saturated rings. The van der Waals surface area contributed by atoms with Crippen molar-refractivity contribution in [3.63, 3.8) is 0 Å². The minimum Gasteiger partial charge on any atom is -0.485 e. The zero-order chi connectivity index (χ0) is 14.7. The first-order valence-electron chi connectivity index (χ1n) is 6.19. The van der Waals surface area contributed by atoms with Crippen molar-refractivity contribution in [1.29, 1.82) is 5.26 Å². The van der Waals surface area contributed by atoms with Gasteiger partial charge in [0, 0.05) is 7.05 Å². The lowest BCUT2D eigenvalue weighted by Crippen LogP contribution is -2.05. The summed E-state index contributed by atoms with van der Waals surface area (Å²) in [6.07, 6.45) is 0.770. The van der Waals surface area contributed by atoms with Crippen molar-refractivity contribution in [2.45, 2.75) is 20.0 Å². The van der Waals surface area contributed by atoms with Gasteiger partial charge in [0.05, 0.1) is 33.7 Å². The lowest BCUT2D eigenvalue weighted by atomic mass is 10.2. The quantitative estimate of drug-likeness (QED) is 0.878. The standard InChI is InChI=1S/C14H15ClN4O/c1-3-11-14(15)12(19(2)18-11)8-20-13-5-4-9(7-16)6-10(13)17/h4-6H,3,8,17H2,1-2H3. The molecule has 0 saturated heterocycles. The van der Waals surface area contributed by atoms with Crippen molar-refractivity contribution in [3.8, 4) is 11.8 Å². The van der Waals surface area contributed by atoms with E-state index in [4.69, 9.17) is 27.3 Å². The molecule has 1 heterocycles. The third-order valence-electron chi connectivity index (χ3n) is 3.01. The highest BCUT2D eigenvalue weighted by Gasteiger charge is 2.14. The Morgan fingerprint density at radius 2 is 2.25 bits per heavy atom. The summed E-state index contributed by atoms with van der Waals surface area (Å²) in [5.74, 6) is 0.527. The lowest BCUT2D eigenvalue weighted by Gasteiger charge is -2.09. The molecule has 1 aromatic heterocycles. The van der Waals surface area contributed by atoms with Gasteiger partial charge in [-0.1, -0.05) is 18.5 Å². The van der Waals surface area contributed by atoms with Crippen LogP contribution in [0.3, 0.4) is 0 Å². The molecule has 6 heteroatoms. The van der Waals surface area contributed by atoms with Gasteiger partial charge in [-0.25, -0.2) is 0 Å². The molecule has 0 atom stereocenters. The average molecular weight is 291 g/mol. The molecule has 2 aromatic rings. The second-order valence-corrected chi connectivity index (χ2v) is 4.72. The number of benzene rings is 1. The van der Waals surface area contributed by atoms with E-state index in [0.717, 1.165) is 17.8 Å². The number of nitrogens with zero attached hydrogens (tertiary/aromatic N) is 3. The van der Waals surface area contributed by atoms with E-state index in [1.54, 1.807) is 22.9 Å². The van der Waals surface area contributed by atoms with Crippen LogP contribution < -0.4 is 10.5 Å². The molecule has 1 aromatic carbocycles. The molecule has 0 radical (unpaired) electrons. The molecule has 2 rings (SSSR count). The molecule has 5 nitrogen and oxygen atoms in total. The van der Waals surface area contributed by atoms with Crippen molar-refractivity contribution in [3.05, 3.63) is 40.2 Å². The fourth-order valence-electron chi connectivity index (χ4n) is 1.87. The predicted molar refractivity (Wildman–Crippen MR) is 77.5 cm³/mol. The van der Waals surface area contributed by atoms with Crippen LogP contribution in [-0.4, -0.2) is 9.78 Å². The van der Waals surface area contributed by atoms with Crippen LogP contribution in [0.4, 0.5) is 5.69 Å². The third kappa shape index (κ3) is 2.70. The van der Waals surface area contributed by atoms with E-state index in [1.807, 2.05) is 20.0 Å². The van der Waals surface area contributed by atoms with E-state index in [0.29, 0.717) is 22.0 Å². The summed E-state index contributed by atoms with van der Waals surface area (Å²) in [6, 6.07) is 6.95. The van der Waals surface area contributed by atoms with Gasteiger partial charge >= 0.3 is 0 Å². The maximum absolute atomic E-state index is 8.79. The van der Waals surface area contributed by atoms with Crippen LogP contribution in [0.15, 0.2) is 18.2 Å². The van der Waals surface area contributed by atoms with Crippen LogP contribution in [-0.2, 0) is 20.1 Å². The summed E-state index contributed by atoms with van der Waals surface area (Å²) in [5, 5.41) is 13.7. The Balaban J connectivity index is 2.17. The predicted octanol–water partition coefficient (Wildman–Crippen LogP) is 2.67. The van der Waals surface area contributed by atoms with Crippen LogP contribution >= 0.6 is 11.6 Å². The smallest absolute Gasteiger partial charge is 0.142 e. The van der Waals surface area contributed by atoms with E-state index in [9.17, 15) is 0 Å². The molecular formula is C14H15ClN4O. The van der Waals surface area contributed by atoms with Crippen molar-refractivity contribution in [1.82, 2.24) is 9.78 Å². The second kappa shape index (κ2) is 5.85. The number of anilines is 1. The van der Waals surface area contributed by atoms with Gasteiger partial charge in [-0.15, -0.1) is 0 Å². The molecule has 0 amide bonds. The number of hydrogen-bond donors (Lipinski definition) is 1. The summed E-state index contributed by atoms with van der Waals surface area (Å²) >= 11 is 6.25. The van der Waals surface area contributed by atoms with E-state index in [1.165, 1.54) is 0 Å². The van der Waals surface area contributed by atoms with Crippen LogP contribution in [0.1, 0.15) is 23.9 Å². The van der Waals surface area contributed by atoms with Gasteiger partial charge in [-0.2, -0.15) is 10.4 Å². The highest BCUT2D eigenvalue weighted by Crippen LogP contribution is 2.26. The third-order valence-corrected chi connectivity index (χ3v) is 3.44. The first kappa shape index (κ1) is 14.2. The van der Waals surface area contributed by atoms with Crippen molar-refractivity contribution in [2.24, 2.45) is 7.05 Å². The number of nitriles is 1. The number of aromatic nitrogens is 2. The molecule has 104 valence electrons. The van der Waals surface area contributed by atoms with Gasteiger partial charge in [0.25, 0.3) is 0 Å². The molecule has 0 saturated carbocycles. The number of rotatable bonds is 4. The lowest BCUT2D eigenvalue weighted by molar-refractivity contribution is 0.296. The van der Waals surface area contributed by atoms with Gasteiger partial charge in [0.1, 0.15) is 12.4 Å². The largest absolute Gasteiger partial charge is 0.485 e. The number of nitrogens with two attached hydrogens (primary N) is 1. The number of nitrogen functional groups attached to an aromatic ring is 1. The number of hydrogen-bond acceptors (Lipinski definition) is 4. The highest BCUT2D eigenvalue weighted by atomic mass is 35.5. The zero-order valence-corrected chi connectivity index (χ0v) is 12.1. The molecule has 20 heavy (non-hydrogen) atoms. The van der Waals surface area contributed by atoms with Crippen LogP contribution in [0, 0.1) is 11.3 Å². The molecule has 2 N–H and O–H groups in total. The Labute approximate surface area is 122 Å². The van der Waals surface area contributed by atoms with Gasteiger partial charge in [0.2, 0.25) is 0 Å². The Bertz CT molecular complexity index is 673. The number of ether oxygens (including phenoxy) is 1. The van der Waals surface area contributed by atoms with E-state index < -0.39 is 0 Å².